The van der Waals surface area contributed by atoms with Gasteiger partial charge < -0.3 is 15.4 Å². The van der Waals surface area contributed by atoms with E-state index in [1.165, 1.54) is 0 Å². The molecule has 2 unspecified atom stereocenters. The van der Waals surface area contributed by atoms with Crippen LogP contribution in [0.25, 0.3) is 0 Å². The number of carbonyl (C=O) groups excluding carboxylic acids is 2. The summed E-state index contributed by atoms with van der Waals surface area (Å²) < 4.78 is 5.07. The van der Waals surface area contributed by atoms with E-state index in [4.69, 9.17) is 27.9 Å². The summed E-state index contributed by atoms with van der Waals surface area (Å²) in [5.41, 5.74) is 1.11. The van der Waals surface area contributed by atoms with Crippen molar-refractivity contribution < 1.29 is 14.3 Å². The predicted octanol–water partition coefficient (Wildman–Crippen LogP) is 4.22. The number of methoxy groups -OCH3 is 1. The van der Waals surface area contributed by atoms with E-state index in [2.05, 4.69) is 10.6 Å². The second-order valence-electron chi connectivity index (χ2n) is 5.78. The lowest BCUT2D eigenvalue weighted by Crippen LogP contribution is -2.20. The maximum Gasteiger partial charge on any atom is 0.228 e. The SMILES string of the molecule is COc1ccc(NC(=O)C2CC2C(=O)Nc2cc(Cl)ccc2Cl)cc1. The highest BCUT2D eigenvalue weighted by molar-refractivity contribution is 6.35. The topological polar surface area (TPSA) is 67.4 Å². The summed E-state index contributed by atoms with van der Waals surface area (Å²) >= 11 is 11.9. The Morgan fingerprint density at radius 2 is 1.64 bits per heavy atom. The summed E-state index contributed by atoms with van der Waals surface area (Å²) in [5, 5.41) is 6.40. The lowest BCUT2D eigenvalue weighted by atomic mass is 10.2. The molecule has 5 nitrogen and oxygen atoms in total. The van der Waals surface area contributed by atoms with Crippen molar-refractivity contribution in [1.82, 2.24) is 0 Å². The molecule has 2 atom stereocenters. The standard InChI is InChI=1S/C18H16Cl2N2O3/c1-25-12-5-3-11(4-6-12)21-17(23)13-9-14(13)18(24)22-16-8-10(19)2-7-15(16)20/h2-8,13-14H,9H2,1H3,(H,21,23)(H,22,24). The molecule has 0 spiro atoms. The van der Waals surface area contributed by atoms with Crippen LogP contribution >= 0.6 is 23.2 Å². The molecule has 0 heterocycles. The van der Waals surface area contributed by atoms with Crippen molar-refractivity contribution in [2.75, 3.05) is 17.7 Å². The van der Waals surface area contributed by atoms with E-state index in [0.29, 0.717) is 33.6 Å². The van der Waals surface area contributed by atoms with Crippen molar-refractivity contribution in [2.24, 2.45) is 11.8 Å². The third-order valence-corrected chi connectivity index (χ3v) is 4.57. The number of carbonyl (C=O) groups is 2. The highest BCUT2D eigenvalue weighted by Crippen LogP contribution is 2.41. The third-order valence-electron chi connectivity index (χ3n) is 4.01. The van der Waals surface area contributed by atoms with Gasteiger partial charge in [0.15, 0.2) is 0 Å². The maximum absolute atomic E-state index is 12.3. The number of rotatable bonds is 5. The maximum atomic E-state index is 12.3. The van der Waals surface area contributed by atoms with Crippen molar-refractivity contribution in [3.05, 3.63) is 52.5 Å². The quantitative estimate of drug-likeness (QED) is 0.818. The number of ether oxygens (including phenoxy) is 1. The van der Waals surface area contributed by atoms with Crippen LogP contribution in [0.2, 0.25) is 10.0 Å². The van der Waals surface area contributed by atoms with Gasteiger partial charge in [0.25, 0.3) is 0 Å². The molecule has 0 saturated heterocycles. The summed E-state index contributed by atoms with van der Waals surface area (Å²) in [6, 6.07) is 11.8. The fraction of sp³-hybridized carbons (Fsp3) is 0.222. The van der Waals surface area contributed by atoms with Gasteiger partial charge in [-0.2, -0.15) is 0 Å². The van der Waals surface area contributed by atoms with Crippen LogP contribution in [0.15, 0.2) is 42.5 Å². The van der Waals surface area contributed by atoms with Crippen molar-refractivity contribution in [3.8, 4) is 5.75 Å². The summed E-state index contributed by atoms with van der Waals surface area (Å²) in [6.45, 7) is 0. The smallest absolute Gasteiger partial charge is 0.228 e. The minimum absolute atomic E-state index is 0.178. The average molecular weight is 379 g/mol. The molecule has 0 aliphatic heterocycles. The lowest BCUT2D eigenvalue weighted by Gasteiger charge is -2.08. The Labute approximate surface area is 155 Å². The van der Waals surface area contributed by atoms with Gasteiger partial charge in [-0.1, -0.05) is 23.2 Å². The molecule has 1 saturated carbocycles. The summed E-state index contributed by atoms with van der Waals surface area (Å²) in [7, 11) is 1.58. The molecule has 7 heteroatoms. The van der Waals surface area contributed by atoms with Gasteiger partial charge in [-0.05, 0) is 48.9 Å². The van der Waals surface area contributed by atoms with Gasteiger partial charge in [-0.3, -0.25) is 9.59 Å². The van der Waals surface area contributed by atoms with E-state index < -0.39 is 0 Å². The van der Waals surface area contributed by atoms with Crippen LogP contribution in [0.3, 0.4) is 0 Å². The summed E-state index contributed by atoms with van der Waals surface area (Å²) in [4.78, 5) is 24.5. The first kappa shape index (κ1) is 17.6. The van der Waals surface area contributed by atoms with E-state index in [1.807, 2.05) is 0 Å². The Morgan fingerprint density at radius 1 is 1.00 bits per heavy atom. The molecular weight excluding hydrogens is 363 g/mol. The molecule has 0 radical (unpaired) electrons. The first-order valence-corrected chi connectivity index (χ1v) is 8.44. The molecule has 2 aromatic rings. The molecule has 3 rings (SSSR count). The van der Waals surface area contributed by atoms with Crippen molar-refractivity contribution in [1.29, 1.82) is 0 Å². The predicted molar refractivity (Wildman–Crippen MR) is 98.3 cm³/mol. The second kappa shape index (κ2) is 7.33. The molecule has 2 amide bonds. The van der Waals surface area contributed by atoms with Gasteiger partial charge in [0.05, 0.1) is 29.7 Å². The van der Waals surface area contributed by atoms with Gasteiger partial charge in [0.2, 0.25) is 11.8 Å². The van der Waals surface area contributed by atoms with E-state index in [9.17, 15) is 9.59 Å². The number of hydrogen-bond donors (Lipinski definition) is 2. The van der Waals surface area contributed by atoms with Gasteiger partial charge in [-0.25, -0.2) is 0 Å². The number of nitrogens with one attached hydrogen (secondary N) is 2. The number of halogens is 2. The fourth-order valence-electron chi connectivity index (χ4n) is 2.50. The minimum atomic E-state index is -0.367. The van der Waals surface area contributed by atoms with Crippen LogP contribution in [0.1, 0.15) is 6.42 Å². The number of benzene rings is 2. The van der Waals surface area contributed by atoms with Crippen LogP contribution in [0.4, 0.5) is 11.4 Å². The van der Waals surface area contributed by atoms with E-state index >= 15 is 0 Å². The Balaban J connectivity index is 1.56. The zero-order valence-electron chi connectivity index (χ0n) is 13.4. The normalized spacial score (nSPS) is 18.4. The van der Waals surface area contributed by atoms with Crippen LogP contribution < -0.4 is 15.4 Å². The zero-order chi connectivity index (χ0) is 18.0. The van der Waals surface area contributed by atoms with Gasteiger partial charge in [0.1, 0.15) is 5.75 Å². The summed E-state index contributed by atoms with van der Waals surface area (Å²) in [5.74, 6) is -0.421. The molecule has 25 heavy (non-hydrogen) atoms. The van der Waals surface area contributed by atoms with Crippen LogP contribution in [-0.2, 0) is 9.59 Å². The second-order valence-corrected chi connectivity index (χ2v) is 6.62. The van der Waals surface area contributed by atoms with Crippen molar-refractivity contribution in [2.45, 2.75) is 6.42 Å². The zero-order valence-corrected chi connectivity index (χ0v) is 14.9. The first-order chi connectivity index (χ1) is 12.0. The Morgan fingerprint density at radius 3 is 2.28 bits per heavy atom. The van der Waals surface area contributed by atoms with Gasteiger partial charge >= 0.3 is 0 Å². The highest BCUT2D eigenvalue weighted by atomic mass is 35.5. The number of hydrogen-bond acceptors (Lipinski definition) is 3. The molecule has 130 valence electrons. The monoisotopic (exact) mass is 378 g/mol. The molecule has 1 aliphatic rings. The lowest BCUT2D eigenvalue weighted by molar-refractivity contribution is -0.122. The molecule has 2 aromatic carbocycles. The molecule has 2 N–H and O–H groups in total. The molecular formula is C18H16Cl2N2O3. The molecule has 1 fully saturated rings. The molecule has 0 bridgehead atoms. The third kappa shape index (κ3) is 4.24. The molecule has 1 aliphatic carbocycles. The highest BCUT2D eigenvalue weighted by Gasteiger charge is 2.48. The average Bonchev–Trinajstić information content (AvgIpc) is 3.40. The largest absolute Gasteiger partial charge is 0.497 e. The molecule has 0 aromatic heterocycles. The van der Waals surface area contributed by atoms with Crippen LogP contribution in [-0.4, -0.2) is 18.9 Å². The summed E-state index contributed by atoms with van der Waals surface area (Å²) in [6.07, 6.45) is 0.506. The number of anilines is 2. The minimum Gasteiger partial charge on any atom is -0.497 e. The fourth-order valence-corrected chi connectivity index (χ4v) is 2.84. The van der Waals surface area contributed by atoms with Crippen LogP contribution in [0, 0.1) is 11.8 Å². The van der Waals surface area contributed by atoms with Gasteiger partial charge in [-0.15, -0.1) is 0 Å². The van der Waals surface area contributed by atoms with Gasteiger partial charge in [0, 0.05) is 10.7 Å². The Hall–Kier alpha value is -2.24. The first-order valence-electron chi connectivity index (χ1n) is 7.69. The van der Waals surface area contributed by atoms with Crippen molar-refractivity contribution in [3.63, 3.8) is 0 Å². The Kier molecular flexibility index (Phi) is 5.16. The van der Waals surface area contributed by atoms with E-state index in [-0.39, 0.29) is 23.7 Å². The van der Waals surface area contributed by atoms with Crippen molar-refractivity contribution >= 4 is 46.4 Å². The number of amides is 2. The Bertz CT molecular complexity index is 808. The van der Waals surface area contributed by atoms with Crippen LogP contribution in [0.5, 0.6) is 5.75 Å². The van der Waals surface area contributed by atoms with E-state index in [0.717, 1.165) is 0 Å². The van der Waals surface area contributed by atoms with E-state index in [1.54, 1.807) is 49.6 Å².